The Morgan fingerprint density at radius 3 is 3.27 bits per heavy atom. The van der Waals surface area contributed by atoms with Gasteiger partial charge in [-0.25, -0.2) is 9.78 Å². The van der Waals surface area contributed by atoms with E-state index < -0.39 is 5.76 Å². The zero-order valence-electron chi connectivity index (χ0n) is 5.92. The minimum Gasteiger partial charge on any atom is -0.406 e. The zero-order chi connectivity index (χ0) is 7.84. The maximum Gasteiger partial charge on any atom is 0.418 e. The number of H-pyrrole nitrogens is 1. The summed E-state index contributed by atoms with van der Waals surface area (Å²) in [6.45, 7) is 1.89. The molecule has 2 heterocycles. The normalized spacial score (nSPS) is 10.6. The smallest absolute Gasteiger partial charge is 0.406 e. The van der Waals surface area contributed by atoms with Gasteiger partial charge in [-0.15, -0.1) is 0 Å². The van der Waals surface area contributed by atoms with Crippen molar-refractivity contribution < 1.29 is 4.42 Å². The van der Waals surface area contributed by atoms with Gasteiger partial charge in [0.2, 0.25) is 0 Å². The monoisotopic (exact) mass is 150 g/mol. The molecule has 0 unspecified atom stereocenters. The fourth-order valence-electron chi connectivity index (χ4n) is 0.936. The van der Waals surface area contributed by atoms with Gasteiger partial charge in [-0.3, -0.25) is 4.98 Å². The third-order valence-corrected chi connectivity index (χ3v) is 1.41. The molecule has 0 atom stereocenters. The average molecular weight is 150 g/mol. The number of aryl methyl sites for hydroxylation is 1. The number of hydrogen-bond donors (Lipinski definition) is 1. The van der Waals surface area contributed by atoms with Crippen molar-refractivity contribution in [3.05, 3.63) is 28.4 Å². The molecule has 1 N–H and O–H groups in total. The Labute approximate surface area is 61.9 Å². The van der Waals surface area contributed by atoms with Crippen molar-refractivity contribution in [1.82, 2.24) is 9.97 Å². The first-order valence-corrected chi connectivity index (χ1v) is 3.21. The summed E-state index contributed by atoms with van der Waals surface area (Å²) in [5, 5.41) is 0. The van der Waals surface area contributed by atoms with E-state index >= 15 is 0 Å². The molecular weight excluding hydrogens is 144 g/mol. The molecule has 56 valence electrons. The minimum absolute atomic E-state index is 0.460. The fourth-order valence-corrected chi connectivity index (χ4v) is 0.936. The van der Waals surface area contributed by atoms with E-state index in [1.54, 1.807) is 12.3 Å². The highest BCUT2D eigenvalue weighted by atomic mass is 16.4. The number of pyridine rings is 1. The van der Waals surface area contributed by atoms with Crippen LogP contribution in [0.3, 0.4) is 0 Å². The molecule has 0 spiro atoms. The maximum atomic E-state index is 10.6. The Morgan fingerprint density at radius 1 is 1.64 bits per heavy atom. The van der Waals surface area contributed by atoms with Crippen LogP contribution in [0.1, 0.15) is 5.56 Å². The molecule has 2 aromatic rings. The number of nitrogens with zero attached hydrogens (tertiary/aromatic N) is 1. The number of aromatic amines is 1. The second kappa shape index (κ2) is 1.95. The van der Waals surface area contributed by atoms with Crippen LogP contribution in [-0.2, 0) is 0 Å². The standard InChI is InChI=1S/C7H6N2O2/c1-4-2-5-6(8-3-4)9-7(10)11-5/h2-3H,1H3,(H,8,9,10). The molecule has 0 radical (unpaired) electrons. The summed E-state index contributed by atoms with van der Waals surface area (Å²) in [5.41, 5.74) is 1.98. The summed E-state index contributed by atoms with van der Waals surface area (Å²) in [4.78, 5) is 17.0. The van der Waals surface area contributed by atoms with Gasteiger partial charge < -0.3 is 4.42 Å². The molecule has 2 rings (SSSR count). The molecule has 0 bridgehead atoms. The number of rotatable bonds is 0. The van der Waals surface area contributed by atoms with Crippen molar-refractivity contribution in [2.75, 3.05) is 0 Å². The summed E-state index contributed by atoms with van der Waals surface area (Å²) in [6, 6.07) is 1.76. The summed E-state index contributed by atoms with van der Waals surface area (Å²) in [7, 11) is 0. The molecule has 4 heteroatoms. The summed E-state index contributed by atoms with van der Waals surface area (Å²) < 4.78 is 4.78. The maximum absolute atomic E-state index is 10.6. The summed E-state index contributed by atoms with van der Waals surface area (Å²) >= 11 is 0. The molecule has 0 aliphatic carbocycles. The van der Waals surface area contributed by atoms with E-state index in [0.29, 0.717) is 11.2 Å². The van der Waals surface area contributed by atoms with Crippen molar-refractivity contribution in [2.24, 2.45) is 0 Å². The van der Waals surface area contributed by atoms with E-state index in [-0.39, 0.29) is 0 Å². The molecule has 0 saturated heterocycles. The summed E-state index contributed by atoms with van der Waals surface area (Å²) in [5.74, 6) is -0.460. The van der Waals surface area contributed by atoms with E-state index in [1.165, 1.54) is 0 Å². The lowest BCUT2D eigenvalue weighted by molar-refractivity contribution is 0.555. The van der Waals surface area contributed by atoms with E-state index in [1.807, 2.05) is 6.92 Å². The lowest BCUT2D eigenvalue weighted by Gasteiger charge is -1.87. The largest absolute Gasteiger partial charge is 0.418 e. The van der Waals surface area contributed by atoms with Gasteiger partial charge >= 0.3 is 5.76 Å². The van der Waals surface area contributed by atoms with Crippen LogP contribution in [0.25, 0.3) is 11.2 Å². The molecule has 0 saturated carbocycles. The highest BCUT2D eigenvalue weighted by Crippen LogP contribution is 2.07. The van der Waals surface area contributed by atoms with Gasteiger partial charge in [0.15, 0.2) is 11.2 Å². The molecule has 4 nitrogen and oxygen atoms in total. The topological polar surface area (TPSA) is 58.9 Å². The highest BCUT2D eigenvalue weighted by molar-refractivity contribution is 5.67. The number of hydrogen-bond acceptors (Lipinski definition) is 3. The molecular formula is C7H6N2O2. The minimum atomic E-state index is -0.460. The molecule has 11 heavy (non-hydrogen) atoms. The van der Waals surface area contributed by atoms with Gasteiger partial charge in [0.05, 0.1) is 0 Å². The Kier molecular flexibility index (Phi) is 1.09. The molecule has 0 fully saturated rings. The van der Waals surface area contributed by atoms with Gasteiger partial charge in [-0.1, -0.05) is 0 Å². The van der Waals surface area contributed by atoms with Crippen molar-refractivity contribution in [3.63, 3.8) is 0 Å². The SMILES string of the molecule is Cc1cnc2[nH]c(=O)oc2c1. The quantitative estimate of drug-likeness (QED) is 0.604. The van der Waals surface area contributed by atoms with Crippen LogP contribution < -0.4 is 5.76 Å². The lowest BCUT2D eigenvalue weighted by atomic mass is 10.3. The van der Waals surface area contributed by atoms with Gasteiger partial charge in [-0.2, -0.15) is 0 Å². The second-order valence-electron chi connectivity index (χ2n) is 2.37. The number of nitrogens with one attached hydrogen (secondary N) is 1. The van der Waals surface area contributed by atoms with Crippen LogP contribution >= 0.6 is 0 Å². The Hall–Kier alpha value is -1.58. The number of aromatic nitrogens is 2. The zero-order valence-corrected chi connectivity index (χ0v) is 5.92. The van der Waals surface area contributed by atoms with Gasteiger partial charge in [0, 0.05) is 6.20 Å². The van der Waals surface area contributed by atoms with Crippen LogP contribution in [0, 0.1) is 6.92 Å². The van der Waals surface area contributed by atoms with Gasteiger partial charge in [-0.05, 0) is 18.6 Å². The first kappa shape index (κ1) is 6.15. The molecule has 0 amide bonds. The first-order chi connectivity index (χ1) is 5.25. The molecule has 0 aromatic carbocycles. The van der Waals surface area contributed by atoms with Crippen molar-refractivity contribution in [2.45, 2.75) is 6.92 Å². The average Bonchev–Trinajstić information content (AvgIpc) is 2.27. The Balaban J connectivity index is 2.92. The Bertz CT molecular complexity index is 441. The van der Waals surface area contributed by atoms with Gasteiger partial charge in [0.25, 0.3) is 0 Å². The molecule has 2 aromatic heterocycles. The van der Waals surface area contributed by atoms with Crippen LogP contribution in [0.4, 0.5) is 0 Å². The third-order valence-electron chi connectivity index (χ3n) is 1.41. The highest BCUT2D eigenvalue weighted by Gasteiger charge is 1.99. The van der Waals surface area contributed by atoms with Crippen molar-refractivity contribution in [1.29, 1.82) is 0 Å². The van der Waals surface area contributed by atoms with Crippen LogP contribution in [-0.4, -0.2) is 9.97 Å². The Morgan fingerprint density at radius 2 is 2.45 bits per heavy atom. The predicted molar refractivity (Wildman–Crippen MR) is 39.4 cm³/mol. The van der Waals surface area contributed by atoms with Gasteiger partial charge in [0.1, 0.15) is 0 Å². The fraction of sp³-hybridized carbons (Fsp3) is 0.143. The van der Waals surface area contributed by atoms with Crippen molar-refractivity contribution >= 4 is 11.2 Å². The van der Waals surface area contributed by atoms with Crippen LogP contribution in [0.15, 0.2) is 21.5 Å². The third kappa shape index (κ3) is 0.920. The van der Waals surface area contributed by atoms with E-state index in [9.17, 15) is 4.79 Å². The molecule has 0 aliphatic rings. The van der Waals surface area contributed by atoms with Crippen LogP contribution in [0.5, 0.6) is 0 Å². The number of fused-ring (bicyclic) bond motifs is 1. The predicted octanol–water partition coefficient (Wildman–Crippen LogP) is 0.825. The van der Waals surface area contributed by atoms with E-state index in [4.69, 9.17) is 4.42 Å². The lowest BCUT2D eigenvalue weighted by Crippen LogP contribution is -1.93. The molecule has 0 aliphatic heterocycles. The first-order valence-electron chi connectivity index (χ1n) is 3.21. The van der Waals surface area contributed by atoms with E-state index in [2.05, 4.69) is 9.97 Å². The summed E-state index contributed by atoms with van der Waals surface area (Å²) in [6.07, 6.45) is 1.67. The number of oxazole rings is 1. The van der Waals surface area contributed by atoms with Crippen LogP contribution in [0.2, 0.25) is 0 Å². The second-order valence-corrected chi connectivity index (χ2v) is 2.37. The van der Waals surface area contributed by atoms with Crippen molar-refractivity contribution in [3.8, 4) is 0 Å². The van der Waals surface area contributed by atoms with E-state index in [0.717, 1.165) is 5.56 Å².